The standard InChI is InChI=1S/C19H27N3O2/c1-19(2,3)24-18(23)21-17-11-9-12-20-16(17)10-5-8-15-22-13-6-4-7-14-22/h9,11-12H,4,6-8,13-15H2,1-3H3,(H,21,23). The summed E-state index contributed by atoms with van der Waals surface area (Å²) in [6, 6.07) is 3.55. The van der Waals surface area contributed by atoms with Crippen LogP contribution in [-0.2, 0) is 4.74 Å². The molecule has 1 N–H and O–H groups in total. The lowest BCUT2D eigenvalue weighted by atomic mass is 10.1. The number of piperidine rings is 1. The van der Waals surface area contributed by atoms with Crippen molar-refractivity contribution in [3.05, 3.63) is 24.0 Å². The normalized spacial score (nSPS) is 15.3. The number of nitrogens with one attached hydrogen (secondary N) is 1. The lowest BCUT2D eigenvalue weighted by Crippen LogP contribution is -2.30. The van der Waals surface area contributed by atoms with Crippen LogP contribution < -0.4 is 5.32 Å². The molecule has 5 nitrogen and oxygen atoms in total. The summed E-state index contributed by atoms with van der Waals surface area (Å²) in [5, 5.41) is 2.72. The van der Waals surface area contributed by atoms with Crippen LogP contribution in [0.3, 0.4) is 0 Å². The first-order chi connectivity index (χ1) is 11.4. The van der Waals surface area contributed by atoms with Gasteiger partial charge in [0.1, 0.15) is 11.3 Å². The van der Waals surface area contributed by atoms with Crippen molar-refractivity contribution >= 4 is 11.8 Å². The minimum atomic E-state index is -0.535. The Morgan fingerprint density at radius 2 is 2.08 bits per heavy atom. The quantitative estimate of drug-likeness (QED) is 0.860. The van der Waals surface area contributed by atoms with Crippen LogP contribution in [-0.4, -0.2) is 41.2 Å². The van der Waals surface area contributed by atoms with Crippen molar-refractivity contribution in [3.8, 4) is 11.8 Å². The Labute approximate surface area is 144 Å². The Morgan fingerprint density at radius 3 is 2.79 bits per heavy atom. The minimum Gasteiger partial charge on any atom is -0.444 e. The van der Waals surface area contributed by atoms with E-state index in [1.165, 1.54) is 32.4 Å². The number of amides is 1. The molecule has 0 atom stereocenters. The number of aromatic nitrogens is 1. The third-order valence-electron chi connectivity index (χ3n) is 3.65. The summed E-state index contributed by atoms with van der Waals surface area (Å²) >= 11 is 0. The number of rotatable bonds is 3. The zero-order valence-electron chi connectivity index (χ0n) is 14.9. The number of pyridine rings is 1. The largest absolute Gasteiger partial charge is 0.444 e. The van der Waals surface area contributed by atoms with E-state index < -0.39 is 11.7 Å². The van der Waals surface area contributed by atoms with Crippen LogP contribution in [0.2, 0.25) is 0 Å². The van der Waals surface area contributed by atoms with Crippen LogP contribution in [0.5, 0.6) is 0 Å². The second-order valence-corrected chi connectivity index (χ2v) is 6.98. The molecule has 0 aliphatic carbocycles. The second kappa shape index (κ2) is 8.70. The smallest absolute Gasteiger partial charge is 0.412 e. The maximum atomic E-state index is 11.9. The van der Waals surface area contributed by atoms with Crippen molar-refractivity contribution in [3.63, 3.8) is 0 Å². The molecule has 0 radical (unpaired) electrons. The van der Waals surface area contributed by atoms with Crippen LogP contribution >= 0.6 is 0 Å². The molecule has 1 saturated heterocycles. The topological polar surface area (TPSA) is 54.5 Å². The molecular formula is C19H27N3O2. The Hall–Kier alpha value is -2.06. The van der Waals surface area contributed by atoms with Gasteiger partial charge in [-0.05, 0) is 64.8 Å². The van der Waals surface area contributed by atoms with E-state index in [1.54, 1.807) is 18.3 Å². The third-order valence-corrected chi connectivity index (χ3v) is 3.65. The highest BCUT2D eigenvalue weighted by atomic mass is 16.6. The van der Waals surface area contributed by atoms with Gasteiger partial charge in [0, 0.05) is 19.2 Å². The van der Waals surface area contributed by atoms with Gasteiger partial charge in [-0.3, -0.25) is 5.32 Å². The molecule has 1 aromatic rings. The average Bonchev–Trinajstić information content (AvgIpc) is 2.52. The Kier molecular flexibility index (Phi) is 6.62. The molecule has 2 heterocycles. The lowest BCUT2D eigenvalue weighted by molar-refractivity contribution is 0.0636. The average molecular weight is 329 g/mol. The van der Waals surface area contributed by atoms with Crippen LogP contribution in [0.4, 0.5) is 10.5 Å². The van der Waals surface area contributed by atoms with E-state index in [0.29, 0.717) is 11.4 Å². The van der Waals surface area contributed by atoms with Crippen molar-refractivity contribution in [1.29, 1.82) is 0 Å². The number of carbonyl (C=O) groups is 1. The number of carbonyl (C=O) groups excluding carboxylic acids is 1. The van der Waals surface area contributed by atoms with Crippen molar-refractivity contribution in [2.24, 2.45) is 0 Å². The molecule has 1 amide bonds. The van der Waals surface area contributed by atoms with Gasteiger partial charge in [-0.25, -0.2) is 9.78 Å². The van der Waals surface area contributed by atoms with Crippen LogP contribution in [0.1, 0.15) is 52.1 Å². The molecule has 24 heavy (non-hydrogen) atoms. The monoisotopic (exact) mass is 329 g/mol. The number of hydrogen-bond acceptors (Lipinski definition) is 4. The van der Waals surface area contributed by atoms with Gasteiger partial charge < -0.3 is 9.64 Å². The SMILES string of the molecule is CC(C)(C)OC(=O)Nc1cccnc1C#CCCN1CCCCC1. The van der Waals surface area contributed by atoms with Crippen molar-refractivity contribution in [2.45, 2.75) is 52.1 Å². The maximum absolute atomic E-state index is 11.9. The van der Waals surface area contributed by atoms with E-state index in [2.05, 4.69) is 27.0 Å². The highest BCUT2D eigenvalue weighted by Crippen LogP contribution is 2.14. The molecule has 1 aliphatic heterocycles. The molecule has 5 heteroatoms. The second-order valence-electron chi connectivity index (χ2n) is 6.98. The first-order valence-electron chi connectivity index (χ1n) is 8.60. The summed E-state index contributed by atoms with van der Waals surface area (Å²) in [6.07, 6.45) is 5.91. The van der Waals surface area contributed by atoms with Gasteiger partial charge >= 0.3 is 6.09 Å². The van der Waals surface area contributed by atoms with E-state index in [0.717, 1.165) is 13.0 Å². The van der Waals surface area contributed by atoms with Crippen molar-refractivity contribution in [1.82, 2.24) is 9.88 Å². The predicted molar refractivity (Wildman–Crippen MR) is 95.9 cm³/mol. The minimum absolute atomic E-state index is 0.494. The molecule has 1 aromatic heterocycles. The molecular weight excluding hydrogens is 302 g/mol. The maximum Gasteiger partial charge on any atom is 0.412 e. The van der Waals surface area contributed by atoms with E-state index in [9.17, 15) is 4.79 Å². The molecule has 0 aromatic carbocycles. The third kappa shape index (κ3) is 6.59. The fraction of sp³-hybridized carbons (Fsp3) is 0.579. The Balaban J connectivity index is 1.91. The van der Waals surface area contributed by atoms with E-state index in [4.69, 9.17) is 4.74 Å². The Morgan fingerprint density at radius 1 is 1.33 bits per heavy atom. The Bertz CT molecular complexity index is 605. The van der Waals surface area contributed by atoms with Crippen LogP contribution in [0.25, 0.3) is 0 Å². The number of ether oxygens (including phenoxy) is 1. The summed E-state index contributed by atoms with van der Waals surface area (Å²) in [5.41, 5.74) is 0.617. The summed E-state index contributed by atoms with van der Waals surface area (Å²) < 4.78 is 5.27. The molecule has 0 unspecified atom stereocenters. The van der Waals surface area contributed by atoms with Gasteiger partial charge in [0.25, 0.3) is 0 Å². The van der Waals surface area contributed by atoms with E-state index >= 15 is 0 Å². The highest BCUT2D eigenvalue weighted by Gasteiger charge is 2.17. The first kappa shape index (κ1) is 18.3. The van der Waals surface area contributed by atoms with Gasteiger partial charge in [-0.2, -0.15) is 0 Å². The number of likely N-dealkylation sites (tertiary alicyclic amines) is 1. The van der Waals surface area contributed by atoms with Gasteiger partial charge in [0.15, 0.2) is 0 Å². The van der Waals surface area contributed by atoms with Gasteiger partial charge in [0.2, 0.25) is 0 Å². The van der Waals surface area contributed by atoms with E-state index in [-0.39, 0.29) is 0 Å². The zero-order chi connectivity index (χ0) is 17.4. The molecule has 2 rings (SSSR count). The zero-order valence-corrected chi connectivity index (χ0v) is 14.9. The number of hydrogen-bond donors (Lipinski definition) is 1. The summed E-state index contributed by atoms with van der Waals surface area (Å²) in [5.74, 6) is 6.23. The molecule has 130 valence electrons. The highest BCUT2D eigenvalue weighted by molar-refractivity contribution is 5.86. The summed E-state index contributed by atoms with van der Waals surface area (Å²) in [7, 11) is 0. The molecule has 0 saturated carbocycles. The van der Waals surface area contributed by atoms with Gasteiger partial charge in [0.05, 0.1) is 5.69 Å². The number of anilines is 1. The van der Waals surface area contributed by atoms with Gasteiger partial charge in [-0.15, -0.1) is 0 Å². The molecule has 1 fully saturated rings. The predicted octanol–water partition coefficient (Wildman–Crippen LogP) is 3.66. The van der Waals surface area contributed by atoms with Crippen molar-refractivity contribution < 1.29 is 9.53 Å². The van der Waals surface area contributed by atoms with E-state index in [1.807, 2.05) is 20.8 Å². The van der Waals surface area contributed by atoms with Crippen molar-refractivity contribution in [2.75, 3.05) is 25.0 Å². The van der Waals surface area contributed by atoms with Crippen LogP contribution in [0.15, 0.2) is 18.3 Å². The fourth-order valence-corrected chi connectivity index (χ4v) is 2.56. The van der Waals surface area contributed by atoms with Gasteiger partial charge in [-0.1, -0.05) is 12.3 Å². The molecule has 1 aliphatic rings. The van der Waals surface area contributed by atoms with Crippen LogP contribution in [0, 0.1) is 11.8 Å². The number of nitrogens with zero attached hydrogens (tertiary/aromatic N) is 2. The molecule has 0 bridgehead atoms. The summed E-state index contributed by atoms with van der Waals surface area (Å²) in [6.45, 7) is 8.84. The summed E-state index contributed by atoms with van der Waals surface area (Å²) in [4.78, 5) is 18.6. The molecule has 0 spiro atoms. The first-order valence-corrected chi connectivity index (χ1v) is 8.60. The lowest BCUT2D eigenvalue weighted by Gasteiger charge is -2.25. The fourth-order valence-electron chi connectivity index (χ4n) is 2.56.